The van der Waals surface area contributed by atoms with E-state index in [1.807, 2.05) is 36.4 Å². The molecular formula is C28H23N3O3. The molecule has 1 saturated carbocycles. The Balaban J connectivity index is 1.62. The molecule has 1 fully saturated rings. The number of ether oxygens (including phenoxy) is 2. The summed E-state index contributed by atoms with van der Waals surface area (Å²) in [5.41, 5.74) is 3.46. The minimum Gasteiger partial charge on any atom is -0.493 e. The number of nitriles is 1. The standard InChI is InChI=1S/C28H23N3O3/c1-33-24-6-4-5-22(27(24)34-18-20-8-9-20)14-15-23-26(21-12-10-19(17-29)11-13-21)28(32)31-16-3-2-7-25(31)30-23/h2-7,10-16,20H,8-9,18H2,1H3. The van der Waals surface area contributed by atoms with Crippen LogP contribution in [0.25, 0.3) is 28.9 Å². The highest BCUT2D eigenvalue weighted by molar-refractivity contribution is 5.81. The number of nitrogens with zero attached hydrogens (tertiary/aromatic N) is 3. The third-order valence-electron chi connectivity index (χ3n) is 5.88. The van der Waals surface area contributed by atoms with Crippen molar-refractivity contribution in [2.45, 2.75) is 12.8 Å². The van der Waals surface area contributed by atoms with Crippen molar-refractivity contribution in [2.24, 2.45) is 5.92 Å². The fraction of sp³-hybridized carbons (Fsp3) is 0.179. The maximum Gasteiger partial charge on any atom is 0.266 e. The van der Waals surface area contributed by atoms with Crippen molar-refractivity contribution in [3.05, 3.63) is 94.0 Å². The smallest absolute Gasteiger partial charge is 0.266 e. The van der Waals surface area contributed by atoms with Gasteiger partial charge in [0.25, 0.3) is 5.56 Å². The summed E-state index contributed by atoms with van der Waals surface area (Å²) in [6.07, 6.45) is 7.83. The van der Waals surface area contributed by atoms with Crippen LogP contribution in [-0.4, -0.2) is 23.1 Å². The fourth-order valence-corrected chi connectivity index (χ4v) is 3.84. The van der Waals surface area contributed by atoms with Gasteiger partial charge in [-0.15, -0.1) is 0 Å². The molecule has 6 nitrogen and oxygen atoms in total. The van der Waals surface area contributed by atoms with E-state index in [0.717, 1.165) is 5.56 Å². The molecule has 2 heterocycles. The first-order valence-corrected chi connectivity index (χ1v) is 11.2. The summed E-state index contributed by atoms with van der Waals surface area (Å²) in [4.78, 5) is 18.2. The Bertz CT molecular complexity index is 1480. The number of hydrogen-bond donors (Lipinski definition) is 0. The van der Waals surface area contributed by atoms with Gasteiger partial charge < -0.3 is 9.47 Å². The Morgan fingerprint density at radius 1 is 1.09 bits per heavy atom. The summed E-state index contributed by atoms with van der Waals surface area (Å²) in [5.74, 6) is 1.96. The van der Waals surface area contributed by atoms with E-state index in [0.29, 0.717) is 52.1 Å². The van der Waals surface area contributed by atoms with E-state index in [9.17, 15) is 4.79 Å². The molecule has 5 rings (SSSR count). The number of para-hydroxylation sites is 1. The molecule has 1 aliphatic carbocycles. The molecule has 0 aliphatic heterocycles. The Hall–Kier alpha value is -4.37. The summed E-state index contributed by atoms with van der Waals surface area (Å²) in [6, 6.07) is 20.3. The topological polar surface area (TPSA) is 76.6 Å². The van der Waals surface area contributed by atoms with Gasteiger partial charge in [0.05, 0.1) is 36.6 Å². The van der Waals surface area contributed by atoms with E-state index in [2.05, 4.69) is 6.07 Å². The lowest BCUT2D eigenvalue weighted by molar-refractivity contribution is 0.280. The first kappa shape index (κ1) is 21.5. The number of fused-ring (bicyclic) bond motifs is 1. The van der Waals surface area contributed by atoms with Gasteiger partial charge >= 0.3 is 0 Å². The average molecular weight is 450 g/mol. The summed E-state index contributed by atoms with van der Waals surface area (Å²) < 4.78 is 13.2. The number of benzene rings is 2. The molecule has 0 bridgehead atoms. The van der Waals surface area contributed by atoms with E-state index in [1.165, 1.54) is 17.2 Å². The summed E-state index contributed by atoms with van der Waals surface area (Å²) in [5, 5.41) is 9.15. The molecule has 0 amide bonds. The van der Waals surface area contributed by atoms with Crippen LogP contribution in [0.4, 0.5) is 0 Å². The molecule has 6 heteroatoms. The van der Waals surface area contributed by atoms with E-state index in [-0.39, 0.29) is 5.56 Å². The maximum absolute atomic E-state index is 13.4. The SMILES string of the molecule is COc1cccc(C=Cc2nc3ccccn3c(=O)c2-c2ccc(C#N)cc2)c1OCC1CC1. The molecule has 0 radical (unpaired) electrons. The van der Waals surface area contributed by atoms with Crippen molar-refractivity contribution in [2.75, 3.05) is 13.7 Å². The first-order chi connectivity index (χ1) is 16.7. The Kier molecular flexibility index (Phi) is 5.84. The molecule has 2 aromatic heterocycles. The highest BCUT2D eigenvalue weighted by Gasteiger charge is 2.23. The molecule has 2 aromatic carbocycles. The molecule has 0 spiro atoms. The molecule has 0 unspecified atom stereocenters. The highest BCUT2D eigenvalue weighted by Crippen LogP contribution is 2.36. The summed E-state index contributed by atoms with van der Waals surface area (Å²) in [7, 11) is 1.63. The maximum atomic E-state index is 13.4. The summed E-state index contributed by atoms with van der Waals surface area (Å²) in [6.45, 7) is 0.660. The molecule has 0 saturated heterocycles. The lowest BCUT2D eigenvalue weighted by Crippen LogP contribution is -2.18. The molecule has 34 heavy (non-hydrogen) atoms. The van der Waals surface area contributed by atoms with Crippen LogP contribution in [0.3, 0.4) is 0 Å². The van der Waals surface area contributed by atoms with Gasteiger partial charge in [0.2, 0.25) is 0 Å². The third kappa shape index (κ3) is 4.28. The zero-order valence-corrected chi connectivity index (χ0v) is 18.8. The van der Waals surface area contributed by atoms with Crippen molar-refractivity contribution < 1.29 is 9.47 Å². The van der Waals surface area contributed by atoms with Gasteiger partial charge in [0.15, 0.2) is 11.5 Å². The van der Waals surface area contributed by atoms with Gasteiger partial charge in [-0.2, -0.15) is 5.26 Å². The van der Waals surface area contributed by atoms with Gasteiger partial charge in [-0.05, 0) is 66.8 Å². The third-order valence-corrected chi connectivity index (χ3v) is 5.88. The van der Waals surface area contributed by atoms with Crippen molar-refractivity contribution in [3.63, 3.8) is 0 Å². The van der Waals surface area contributed by atoms with Crippen LogP contribution < -0.4 is 15.0 Å². The van der Waals surface area contributed by atoms with Gasteiger partial charge in [-0.1, -0.05) is 30.3 Å². The predicted octanol–water partition coefficient (Wildman–Crippen LogP) is 5.20. The van der Waals surface area contributed by atoms with Crippen LogP contribution in [0.15, 0.2) is 71.7 Å². The number of aromatic nitrogens is 2. The Labute approximate surface area is 197 Å². The van der Waals surface area contributed by atoms with Gasteiger partial charge in [0.1, 0.15) is 5.65 Å². The van der Waals surface area contributed by atoms with E-state index < -0.39 is 0 Å². The van der Waals surface area contributed by atoms with E-state index in [4.69, 9.17) is 19.7 Å². The molecule has 0 N–H and O–H groups in total. The van der Waals surface area contributed by atoms with E-state index in [1.54, 1.807) is 49.7 Å². The zero-order chi connectivity index (χ0) is 23.5. The lowest BCUT2D eigenvalue weighted by Gasteiger charge is -2.13. The van der Waals surface area contributed by atoms with Crippen LogP contribution in [0.2, 0.25) is 0 Å². The van der Waals surface area contributed by atoms with Crippen molar-refractivity contribution in [1.82, 2.24) is 9.38 Å². The minimum absolute atomic E-state index is 0.175. The monoisotopic (exact) mass is 449 g/mol. The largest absolute Gasteiger partial charge is 0.493 e. The highest BCUT2D eigenvalue weighted by atomic mass is 16.5. The molecule has 4 aromatic rings. The molecule has 0 atom stereocenters. The van der Waals surface area contributed by atoms with Gasteiger partial charge in [0, 0.05) is 11.8 Å². The molecule has 168 valence electrons. The molecular weight excluding hydrogens is 426 g/mol. The number of hydrogen-bond acceptors (Lipinski definition) is 5. The summed E-state index contributed by atoms with van der Waals surface area (Å²) >= 11 is 0. The van der Waals surface area contributed by atoms with Crippen molar-refractivity contribution in [1.29, 1.82) is 5.26 Å². The van der Waals surface area contributed by atoms with Crippen molar-refractivity contribution >= 4 is 17.8 Å². The number of methoxy groups -OCH3 is 1. The second kappa shape index (κ2) is 9.24. The zero-order valence-electron chi connectivity index (χ0n) is 18.8. The fourth-order valence-electron chi connectivity index (χ4n) is 3.84. The minimum atomic E-state index is -0.175. The van der Waals surface area contributed by atoms with Crippen molar-refractivity contribution in [3.8, 4) is 28.7 Å². The normalized spacial score (nSPS) is 13.2. The van der Waals surface area contributed by atoms with Crippen LogP contribution >= 0.6 is 0 Å². The Morgan fingerprint density at radius 2 is 1.91 bits per heavy atom. The lowest BCUT2D eigenvalue weighted by atomic mass is 10.0. The van der Waals surface area contributed by atoms with Crippen LogP contribution in [-0.2, 0) is 0 Å². The second-order valence-electron chi connectivity index (χ2n) is 8.26. The Morgan fingerprint density at radius 3 is 2.65 bits per heavy atom. The molecule has 1 aliphatic rings. The van der Waals surface area contributed by atoms with Crippen LogP contribution in [0.1, 0.15) is 29.7 Å². The van der Waals surface area contributed by atoms with Gasteiger partial charge in [-0.3, -0.25) is 9.20 Å². The van der Waals surface area contributed by atoms with Crippen LogP contribution in [0.5, 0.6) is 11.5 Å². The first-order valence-electron chi connectivity index (χ1n) is 11.2. The number of rotatable bonds is 7. The average Bonchev–Trinajstić information content (AvgIpc) is 3.71. The van der Waals surface area contributed by atoms with E-state index >= 15 is 0 Å². The second-order valence-corrected chi connectivity index (χ2v) is 8.26. The quantitative estimate of drug-likeness (QED) is 0.388. The van der Waals surface area contributed by atoms with Gasteiger partial charge in [-0.25, -0.2) is 4.98 Å². The predicted molar refractivity (Wildman–Crippen MR) is 132 cm³/mol. The van der Waals surface area contributed by atoms with Crippen LogP contribution in [0, 0.1) is 17.2 Å². The number of pyridine rings is 1.